The Hall–Kier alpha value is -2.66. The lowest BCUT2D eigenvalue weighted by Crippen LogP contribution is -2.31. The lowest BCUT2D eigenvalue weighted by Gasteiger charge is -2.18. The summed E-state index contributed by atoms with van der Waals surface area (Å²) in [6, 6.07) is 20.6. The second kappa shape index (κ2) is 10.9. The average molecular weight is 563 g/mol. The fraction of sp³-hybridized carbons (Fsp3) is 0.0800. The molecule has 1 atom stereocenters. The number of amides is 2. The van der Waals surface area contributed by atoms with Crippen LogP contribution >= 0.6 is 58.2 Å². The molecule has 5 nitrogen and oxygen atoms in total. The van der Waals surface area contributed by atoms with Gasteiger partial charge in [0.05, 0.1) is 26.0 Å². The van der Waals surface area contributed by atoms with Crippen LogP contribution in [0.4, 0.5) is 11.4 Å². The number of nitrogens with zero attached hydrogens (tertiary/aromatic N) is 2. The van der Waals surface area contributed by atoms with Crippen LogP contribution in [0.2, 0.25) is 20.1 Å². The summed E-state index contributed by atoms with van der Waals surface area (Å²) in [6.07, 6.45) is 0.263. The molecule has 176 valence electrons. The largest absolute Gasteiger partial charge is 0.320 e. The third-order valence-electron chi connectivity index (χ3n) is 5.14. The molecule has 2 amide bonds. The molecule has 3 aromatic rings. The Morgan fingerprint density at radius 2 is 1.74 bits per heavy atom. The van der Waals surface area contributed by atoms with Gasteiger partial charge in [-0.15, -0.1) is 0 Å². The standard InChI is InChI=1S/C25H15Cl4N3O2S/c26-15-9-10-20(19(28)12-15)31-23(33)17(13-30)25-32(16-6-2-1-3-7-16)24(34)21(35-25)11-14-5-4-8-18(27)22(14)29/h1-10,12,21H,11H2,(H,31,33)/b25-17-/t21-/m1/s1. The van der Waals surface area contributed by atoms with Crippen LogP contribution in [0.1, 0.15) is 5.56 Å². The van der Waals surface area contributed by atoms with E-state index >= 15 is 0 Å². The molecule has 10 heteroatoms. The summed E-state index contributed by atoms with van der Waals surface area (Å²) < 4.78 is 0. The molecule has 0 bridgehead atoms. The number of benzene rings is 3. The van der Waals surface area contributed by atoms with Crippen molar-refractivity contribution in [1.82, 2.24) is 0 Å². The monoisotopic (exact) mass is 561 g/mol. The van der Waals surface area contributed by atoms with Gasteiger partial charge in [-0.25, -0.2) is 0 Å². The van der Waals surface area contributed by atoms with Gasteiger partial charge < -0.3 is 5.32 Å². The van der Waals surface area contributed by atoms with E-state index in [-0.39, 0.29) is 33.6 Å². The van der Waals surface area contributed by atoms with Gasteiger partial charge in [-0.1, -0.05) is 88.5 Å². The maximum atomic E-state index is 13.5. The molecule has 1 fully saturated rings. The van der Waals surface area contributed by atoms with Crippen molar-refractivity contribution in [2.24, 2.45) is 0 Å². The van der Waals surface area contributed by atoms with Crippen molar-refractivity contribution in [3.05, 3.63) is 103 Å². The van der Waals surface area contributed by atoms with Crippen molar-refractivity contribution in [1.29, 1.82) is 5.26 Å². The van der Waals surface area contributed by atoms with E-state index in [0.29, 0.717) is 26.3 Å². The summed E-state index contributed by atoms with van der Waals surface area (Å²) in [5.41, 5.74) is 1.29. The van der Waals surface area contributed by atoms with E-state index in [1.807, 2.05) is 12.1 Å². The number of nitriles is 1. The molecule has 1 aliphatic heterocycles. The number of rotatable bonds is 5. The van der Waals surface area contributed by atoms with Crippen molar-refractivity contribution in [3.63, 3.8) is 0 Å². The molecule has 0 aromatic heterocycles. The van der Waals surface area contributed by atoms with Crippen molar-refractivity contribution in [2.75, 3.05) is 10.2 Å². The first kappa shape index (κ1) is 25.4. The van der Waals surface area contributed by atoms with Crippen molar-refractivity contribution >= 4 is 81.4 Å². The molecule has 1 heterocycles. The zero-order valence-electron chi connectivity index (χ0n) is 17.8. The minimum Gasteiger partial charge on any atom is -0.320 e. The smallest absolute Gasteiger partial charge is 0.269 e. The topological polar surface area (TPSA) is 73.2 Å². The predicted molar refractivity (Wildman–Crippen MR) is 143 cm³/mol. The summed E-state index contributed by atoms with van der Waals surface area (Å²) in [7, 11) is 0. The zero-order chi connectivity index (χ0) is 25.1. The number of para-hydroxylation sites is 1. The fourth-order valence-electron chi connectivity index (χ4n) is 3.48. The maximum Gasteiger partial charge on any atom is 0.269 e. The number of thioether (sulfide) groups is 1. The molecule has 0 aliphatic carbocycles. The van der Waals surface area contributed by atoms with Crippen LogP contribution in [0.25, 0.3) is 0 Å². The number of hydrogen-bond donors (Lipinski definition) is 1. The number of nitrogens with one attached hydrogen (secondary N) is 1. The Bertz CT molecular complexity index is 1390. The van der Waals surface area contributed by atoms with E-state index in [1.54, 1.807) is 48.5 Å². The first-order valence-electron chi connectivity index (χ1n) is 10.2. The van der Waals surface area contributed by atoms with Crippen LogP contribution in [-0.4, -0.2) is 17.1 Å². The molecule has 0 unspecified atom stereocenters. The van der Waals surface area contributed by atoms with Crippen LogP contribution in [0.3, 0.4) is 0 Å². The van der Waals surface area contributed by atoms with Crippen molar-refractivity contribution in [3.8, 4) is 6.07 Å². The third kappa shape index (κ3) is 5.45. The minimum absolute atomic E-state index is 0.217. The molecule has 1 saturated heterocycles. The summed E-state index contributed by atoms with van der Waals surface area (Å²) in [6.45, 7) is 0. The normalized spacial score (nSPS) is 16.7. The molecular weight excluding hydrogens is 548 g/mol. The highest BCUT2D eigenvalue weighted by molar-refractivity contribution is 8.05. The summed E-state index contributed by atoms with van der Waals surface area (Å²) in [4.78, 5) is 28.1. The Kier molecular flexibility index (Phi) is 7.95. The number of carbonyl (C=O) groups excluding carboxylic acids is 2. The van der Waals surface area contributed by atoms with Gasteiger partial charge in [0.1, 0.15) is 16.7 Å². The van der Waals surface area contributed by atoms with Crippen LogP contribution in [-0.2, 0) is 16.0 Å². The van der Waals surface area contributed by atoms with Gasteiger partial charge in [-0.05, 0) is 48.4 Å². The van der Waals surface area contributed by atoms with E-state index in [2.05, 4.69) is 5.32 Å². The van der Waals surface area contributed by atoms with E-state index in [4.69, 9.17) is 46.4 Å². The Morgan fingerprint density at radius 1 is 1.00 bits per heavy atom. The van der Waals surface area contributed by atoms with Crippen LogP contribution < -0.4 is 10.2 Å². The SMILES string of the molecule is N#C/C(C(=O)Nc1ccc(Cl)cc1Cl)=C1/S[C@H](Cc2cccc(Cl)c2Cl)C(=O)N1c1ccccc1. The highest BCUT2D eigenvalue weighted by Crippen LogP contribution is 2.43. The molecule has 3 aromatic carbocycles. The van der Waals surface area contributed by atoms with Crippen LogP contribution in [0.15, 0.2) is 77.3 Å². The summed E-state index contributed by atoms with van der Waals surface area (Å²) in [5.74, 6) is -0.980. The first-order chi connectivity index (χ1) is 16.8. The highest BCUT2D eigenvalue weighted by atomic mass is 35.5. The molecule has 0 saturated carbocycles. The average Bonchev–Trinajstić information content (AvgIpc) is 3.15. The quantitative estimate of drug-likeness (QED) is 0.260. The lowest BCUT2D eigenvalue weighted by atomic mass is 10.1. The molecular formula is C25H15Cl4N3O2S. The van der Waals surface area contributed by atoms with E-state index < -0.39 is 11.2 Å². The van der Waals surface area contributed by atoms with Gasteiger partial charge in [0, 0.05) is 10.7 Å². The second-order valence-electron chi connectivity index (χ2n) is 7.40. The zero-order valence-corrected chi connectivity index (χ0v) is 21.6. The molecule has 0 spiro atoms. The van der Waals surface area contributed by atoms with Gasteiger partial charge >= 0.3 is 0 Å². The number of hydrogen-bond acceptors (Lipinski definition) is 4. The maximum absolute atomic E-state index is 13.5. The third-order valence-corrected chi connectivity index (χ3v) is 7.80. The molecule has 4 rings (SSSR count). The van der Waals surface area contributed by atoms with E-state index in [0.717, 1.165) is 11.8 Å². The predicted octanol–water partition coefficient (Wildman–Crippen LogP) is 7.37. The van der Waals surface area contributed by atoms with Gasteiger partial charge in [0.25, 0.3) is 5.91 Å². The van der Waals surface area contributed by atoms with E-state index in [1.165, 1.54) is 17.0 Å². The van der Waals surface area contributed by atoms with Gasteiger partial charge in [0.15, 0.2) is 0 Å². The molecule has 1 N–H and O–H groups in total. The Labute approximate surface area is 226 Å². The van der Waals surface area contributed by atoms with Crippen LogP contribution in [0.5, 0.6) is 0 Å². The van der Waals surface area contributed by atoms with Crippen LogP contribution in [0, 0.1) is 11.3 Å². The first-order valence-corrected chi connectivity index (χ1v) is 12.6. The fourth-order valence-corrected chi connectivity index (χ4v) is 5.63. The lowest BCUT2D eigenvalue weighted by molar-refractivity contribution is -0.117. The molecule has 35 heavy (non-hydrogen) atoms. The Balaban J connectivity index is 1.74. The minimum atomic E-state index is -0.700. The Morgan fingerprint density at radius 3 is 2.43 bits per heavy atom. The van der Waals surface area contributed by atoms with Gasteiger partial charge in [-0.2, -0.15) is 5.26 Å². The molecule has 0 radical (unpaired) electrons. The van der Waals surface area contributed by atoms with Crippen molar-refractivity contribution < 1.29 is 9.59 Å². The second-order valence-corrected chi connectivity index (χ2v) is 10.2. The van der Waals surface area contributed by atoms with E-state index in [9.17, 15) is 14.9 Å². The van der Waals surface area contributed by atoms with Gasteiger partial charge in [0.2, 0.25) is 5.91 Å². The number of carbonyl (C=O) groups is 2. The van der Waals surface area contributed by atoms with Gasteiger partial charge in [-0.3, -0.25) is 14.5 Å². The highest BCUT2D eigenvalue weighted by Gasteiger charge is 2.41. The molecule has 1 aliphatic rings. The summed E-state index contributed by atoms with van der Waals surface area (Å²) in [5, 5.41) is 13.5. The van der Waals surface area contributed by atoms with Crippen molar-refractivity contribution in [2.45, 2.75) is 11.7 Å². The summed E-state index contributed by atoms with van der Waals surface area (Å²) >= 11 is 25.7. The number of anilines is 2. The number of halogens is 4.